The maximum absolute atomic E-state index is 12.8. The van der Waals surface area contributed by atoms with Gasteiger partial charge >= 0.3 is 0 Å². The van der Waals surface area contributed by atoms with Gasteiger partial charge in [-0.15, -0.1) is 0 Å². The molecule has 0 saturated carbocycles. The number of benzene rings is 2. The molecular formula is C16H13Cl2NO2. The van der Waals surface area contributed by atoms with E-state index in [1.54, 1.807) is 4.90 Å². The minimum Gasteiger partial charge on any atom is -0.507 e. The molecule has 0 bridgehead atoms. The van der Waals surface area contributed by atoms with Crippen molar-refractivity contribution in [3.63, 3.8) is 0 Å². The van der Waals surface area contributed by atoms with Crippen LogP contribution in [0.3, 0.4) is 0 Å². The summed E-state index contributed by atoms with van der Waals surface area (Å²) in [5, 5.41) is 10.5. The number of hydrogen-bond acceptors (Lipinski definition) is 2. The Balaban J connectivity index is 2.08. The van der Waals surface area contributed by atoms with Crippen LogP contribution in [0.15, 0.2) is 36.4 Å². The Morgan fingerprint density at radius 1 is 1.29 bits per heavy atom. The molecule has 0 radical (unpaired) electrons. The van der Waals surface area contributed by atoms with Crippen molar-refractivity contribution in [2.24, 2.45) is 0 Å². The van der Waals surface area contributed by atoms with Gasteiger partial charge in [-0.3, -0.25) is 4.79 Å². The summed E-state index contributed by atoms with van der Waals surface area (Å²) in [5.41, 5.74) is 2.06. The quantitative estimate of drug-likeness (QED) is 0.851. The number of halogens is 2. The van der Waals surface area contributed by atoms with Crippen molar-refractivity contribution in [2.45, 2.75) is 19.4 Å². The van der Waals surface area contributed by atoms with E-state index in [1.807, 2.05) is 31.2 Å². The highest BCUT2D eigenvalue weighted by atomic mass is 35.5. The van der Waals surface area contributed by atoms with E-state index in [-0.39, 0.29) is 28.3 Å². The number of para-hydroxylation sites is 1. The van der Waals surface area contributed by atoms with Crippen LogP contribution in [-0.2, 0) is 6.42 Å². The topological polar surface area (TPSA) is 40.5 Å². The second kappa shape index (κ2) is 5.24. The van der Waals surface area contributed by atoms with Crippen LogP contribution in [0, 0.1) is 0 Å². The van der Waals surface area contributed by atoms with Crippen molar-refractivity contribution in [1.29, 1.82) is 0 Å². The minimum atomic E-state index is -0.313. The third kappa shape index (κ3) is 2.37. The van der Waals surface area contributed by atoms with Crippen LogP contribution in [0.1, 0.15) is 22.8 Å². The zero-order valence-electron chi connectivity index (χ0n) is 11.3. The summed E-state index contributed by atoms with van der Waals surface area (Å²) >= 11 is 11.9. The molecule has 1 N–H and O–H groups in total. The van der Waals surface area contributed by atoms with Crippen molar-refractivity contribution in [2.75, 3.05) is 4.90 Å². The van der Waals surface area contributed by atoms with E-state index >= 15 is 0 Å². The van der Waals surface area contributed by atoms with Gasteiger partial charge in [-0.1, -0.05) is 41.4 Å². The zero-order valence-corrected chi connectivity index (χ0v) is 12.8. The maximum atomic E-state index is 12.8. The molecule has 0 aromatic heterocycles. The molecule has 3 nitrogen and oxygen atoms in total. The third-order valence-corrected chi connectivity index (χ3v) is 4.19. The smallest absolute Gasteiger partial charge is 0.263 e. The first kappa shape index (κ1) is 14.2. The fourth-order valence-electron chi connectivity index (χ4n) is 2.77. The first-order valence-corrected chi connectivity index (χ1v) is 7.34. The number of fused-ring (bicyclic) bond motifs is 1. The van der Waals surface area contributed by atoms with Crippen molar-refractivity contribution < 1.29 is 9.90 Å². The van der Waals surface area contributed by atoms with Gasteiger partial charge in [-0.25, -0.2) is 0 Å². The molecule has 1 unspecified atom stereocenters. The number of carbonyl (C=O) groups is 1. The highest BCUT2D eigenvalue weighted by Crippen LogP contribution is 2.37. The van der Waals surface area contributed by atoms with Crippen LogP contribution in [0.4, 0.5) is 5.69 Å². The van der Waals surface area contributed by atoms with Crippen LogP contribution in [0.5, 0.6) is 5.75 Å². The molecule has 1 heterocycles. The molecule has 0 aliphatic carbocycles. The molecule has 0 spiro atoms. The van der Waals surface area contributed by atoms with Gasteiger partial charge in [0.2, 0.25) is 0 Å². The van der Waals surface area contributed by atoms with Gasteiger partial charge < -0.3 is 10.0 Å². The van der Waals surface area contributed by atoms with E-state index in [2.05, 4.69) is 0 Å². The molecule has 0 fully saturated rings. The molecule has 5 heteroatoms. The molecule has 1 amide bonds. The van der Waals surface area contributed by atoms with Gasteiger partial charge in [-0.05, 0) is 37.1 Å². The number of rotatable bonds is 1. The summed E-state index contributed by atoms with van der Waals surface area (Å²) in [6.07, 6.45) is 0.786. The van der Waals surface area contributed by atoms with Crippen LogP contribution < -0.4 is 4.90 Å². The number of anilines is 1. The Kier molecular flexibility index (Phi) is 3.56. The fourth-order valence-corrected chi connectivity index (χ4v) is 3.33. The van der Waals surface area contributed by atoms with E-state index < -0.39 is 0 Å². The third-order valence-electron chi connectivity index (χ3n) is 3.67. The monoisotopic (exact) mass is 321 g/mol. The Morgan fingerprint density at radius 2 is 2.00 bits per heavy atom. The molecule has 108 valence electrons. The predicted octanol–water partition coefficient (Wildman–Crippen LogP) is 4.29. The average molecular weight is 322 g/mol. The van der Waals surface area contributed by atoms with E-state index in [0.29, 0.717) is 5.02 Å². The number of carbonyl (C=O) groups excluding carboxylic acids is 1. The molecule has 1 atom stereocenters. The fraction of sp³-hybridized carbons (Fsp3) is 0.188. The molecular weight excluding hydrogens is 309 g/mol. The summed E-state index contributed by atoms with van der Waals surface area (Å²) in [6.45, 7) is 1.97. The van der Waals surface area contributed by atoms with Gasteiger partial charge in [0.05, 0.1) is 5.02 Å². The van der Waals surface area contributed by atoms with E-state index in [4.69, 9.17) is 23.2 Å². The molecule has 21 heavy (non-hydrogen) atoms. The lowest BCUT2D eigenvalue weighted by Crippen LogP contribution is -2.35. The average Bonchev–Trinajstić information content (AvgIpc) is 2.73. The summed E-state index contributed by atoms with van der Waals surface area (Å²) in [4.78, 5) is 14.5. The first-order chi connectivity index (χ1) is 9.99. The highest BCUT2D eigenvalue weighted by molar-refractivity contribution is 6.37. The van der Waals surface area contributed by atoms with Crippen molar-refractivity contribution >= 4 is 34.8 Å². The molecule has 0 saturated heterocycles. The minimum absolute atomic E-state index is 0.0149. The number of phenolic OH excluding ortho intramolecular Hbond substituents is 1. The number of nitrogens with zero attached hydrogens (tertiary/aromatic N) is 1. The molecule has 2 aromatic rings. The second-order valence-corrected chi connectivity index (χ2v) is 5.98. The number of hydrogen-bond donors (Lipinski definition) is 1. The van der Waals surface area contributed by atoms with Crippen LogP contribution in [0.2, 0.25) is 10.0 Å². The standard InChI is InChI=1S/C16H13Cl2NO2/c1-9-6-10-4-2-3-5-13(10)19(9)16(21)15-12(18)7-11(17)8-14(15)20/h2-5,7-9,20H,6H2,1H3. The van der Waals surface area contributed by atoms with Gasteiger partial charge in [0.15, 0.2) is 0 Å². The Bertz CT molecular complexity index is 707. The largest absolute Gasteiger partial charge is 0.507 e. The summed E-state index contributed by atoms with van der Waals surface area (Å²) < 4.78 is 0. The molecule has 3 rings (SSSR count). The van der Waals surface area contributed by atoms with E-state index in [0.717, 1.165) is 17.7 Å². The normalized spacial score (nSPS) is 16.9. The Morgan fingerprint density at radius 3 is 2.71 bits per heavy atom. The second-order valence-electron chi connectivity index (χ2n) is 5.14. The lowest BCUT2D eigenvalue weighted by molar-refractivity contribution is 0.0979. The number of aromatic hydroxyl groups is 1. The lowest BCUT2D eigenvalue weighted by Gasteiger charge is -2.23. The Labute approximate surface area is 132 Å². The molecule has 1 aliphatic rings. The lowest BCUT2D eigenvalue weighted by atomic mass is 10.1. The molecule has 2 aromatic carbocycles. The van der Waals surface area contributed by atoms with Crippen LogP contribution in [0.25, 0.3) is 0 Å². The highest BCUT2D eigenvalue weighted by Gasteiger charge is 2.33. The van der Waals surface area contributed by atoms with Gasteiger partial charge in [0.25, 0.3) is 5.91 Å². The summed E-state index contributed by atoms with van der Waals surface area (Å²) in [5.74, 6) is -0.513. The summed E-state index contributed by atoms with van der Waals surface area (Å²) in [7, 11) is 0. The van der Waals surface area contributed by atoms with Crippen LogP contribution >= 0.6 is 23.2 Å². The number of amides is 1. The van der Waals surface area contributed by atoms with Crippen molar-refractivity contribution in [3.8, 4) is 5.75 Å². The van der Waals surface area contributed by atoms with E-state index in [9.17, 15) is 9.90 Å². The summed E-state index contributed by atoms with van der Waals surface area (Å²) in [6, 6.07) is 10.5. The Hall–Kier alpha value is -1.71. The molecule has 1 aliphatic heterocycles. The SMILES string of the molecule is CC1Cc2ccccc2N1C(=O)c1c(O)cc(Cl)cc1Cl. The van der Waals surface area contributed by atoms with Gasteiger partial charge in [0, 0.05) is 16.8 Å². The first-order valence-electron chi connectivity index (χ1n) is 6.58. The van der Waals surface area contributed by atoms with Gasteiger partial charge in [-0.2, -0.15) is 0 Å². The van der Waals surface area contributed by atoms with E-state index in [1.165, 1.54) is 12.1 Å². The van der Waals surface area contributed by atoms with Crippen molar-refractivity contribution in [3.05, 3.63) is 57.6 Å². The maximum Gasteiger partial charge on any atom is 0.263 e. The number of phenols is 1. The van der Waals surface area contributed by atoms with Crippen molar-refractivity contribution in [1.82, 2.24) is 0 Å². The zero-order chi connectivity index (χ0) is 15.1. The predicted molar refractivity (Wildman–Crippen MR) is 84.5 cm³/mol. The van der Waals surface area contributed by atoms with Crippen LogP contribution in [-0.4, -0.2) is 17.1 Å². The van der Waals surface area contributed by atoms with Gasteiger partial charge in [0.1, 0.15) is 11.3 Å².